The van der Waals surface area contributed by atoms with E-state index < -0.39 is 0 Å². The van der Waals surface area contributed by atoms with Gasteiger partial charge in [0.25, 0.3) is 5.78 Å². The van der Waals surface area contributed by atoms with Crippen LogP contribution in [0.5, 0.6) is 0 Å². The lowest BCUT2D eigenvalue weighted by atomic mass is 10.1. The van der Waals surface area contributed by atoms with Crippen LogP contribution in [0.15, 0.2) is 61.1 Å². The summed E-state index contributed by atoms with van der Waals surface area (Å²) in [6.45, 7) is 0. The molecule has 0 N–H and O–H groups in total. The first-order valence-corrected chi connectivity index (χ1v) is 7.15. The molecule has 112 valence electrons. The van der Waals surface area contributed by atoms with E-state index in [2.05, 4.69) is 20.1 Å². The van der Waals surface area contributed by atoms with Gasteiger partial charge < -0.3 is 0 Å². The Morgan fingerprint density at radius 1 is 0.913 bits per heavy atom. The van der Waals surface area contributed by atoms with Gasteiger partial charge >= 0.3 is 0 Å². The molecule has 23 heavy (non-hydrogen) atoms. The van der Waals surface area contributed by atoms with Crippen molar-refractivity contribution in [1.82, 2.24) is 24.6 Å². The standard InChI is InChI=1S/C17H12FN5/c18-14-3-1-12(2-4-14)11-16-21-17-20-10-7-15(23(17)22-16)13-5-8-19-9-6-13/h1-10H,11H2. The Bertz CT molecular complexity index is 948. The Morgan fingerprint density at radius 3 is 2.48 bits per heavy atom. The van der Waals surface area contributed by atoms with E-state index >= 15 is 0 Å². The molecule has 0 amide bonds. The van der Waals surface area contributed by atoms with E-state index in [0.717, 1.165) is 16.8 Å². The Morgan fingerprint density at radius 2 is 1.70 bits per heavy atom. The molecule has 0 radical (unpaired) electrons. The van der Waals surface area contributed by atoms with Gasteiger partial charge in [0.15, 0.2) is 5.82 Å². The maximum atomic E-state index is 13.0. The van der Waals surface area contributed by atoms with Gasteiger partial charge in [-0.15, -0.1) is 5.10 Å². The van der Waals surface area contributed by atoms with E-state index in [1.807, 2.05) is 18.2 Å². The van der Waals surface area contributed by atoms with Gasteiger partial charge in [0.2, 0.25) is 0 Å². The van der Waals surface area contributed by atoms with Crippen LogP contribution in [0.25, 0.3) is 17.0 Å². The largest absolute Gasteiger partial charge is 0.265 e. The predicted octanol–water partition coefficient (Wildman–Crippen LogP) is 2.92. The third-order valence-electron chi connectivity index (χ3n) is 3.54. The second-order valence-corrected chi connectivity index (χ2v) is 5.11. The van der Waals surface area contributed by atoms with Crippen LogP contribution >= 0.6 is 0 Å². The monoisotopic (exact) mass is 305 g/mol. The Kier molecular flexibility index (Phi) is 3.27. The summed E-state index contributed by atoms with van der Waals surface area (Å²) in [6, 6.07) is 12.1. The van der Waals surface area contributed by atoms with Crippen LogP contribution in [0.4, 0.5) is 4.39 Å². The van der Waals surface area contributed by atoms with Crippen molar-refractivity contribution in [1.29, 1.82) is 0 Å². The number of benzene rings is 1. The van der Waals surface area contributed by atoms with Gasteiger partial charge in [0.1, 0.15) is 5.82 Å². The molecule has 3 heterocycles. The SMILES string of the molecule is Fc1ccc(Cc2nc3nccc(-c4ccncc4)n3n2)cc1. The third-order valence-corrected chi connectivity index (χ3v) is 3.54. The van der Waals surface area contributed by atoms with Gasteiger partial charge in [0, 0.05) is 30.6 Å². The number of hydrogen-bond donors (Lipinski definition) is 0. The average molecular weight is 305 g/mol. The fourth-order valence-electron chi connectivity index (χ4n) is 2.44. The first-order chi connectivity index (χ1) is 11.3. The Hall–Kier alpha value is -3.15. The predicted molar refractivity (Wildman–Crippen MR) is 83.2 cm³/mol. The number of pyridine rings is 1. The van der Waals surface area contributed by atoms with Crippen LogP contribution in [0, 0.1) is 5.82 Å². The summed E-state index contributed by atoms with van der Waals surface area (Å²) in [5, 5.41) is 4.54. The second-order valence-electron chi connectivity index (χ2n) is 5.11. The number of fused-ring (bicyclic) bond motifs is 1. The smallest absolute Gasteiger partial charge is 0.252 e. The quantitative estimate of drug-likeness (QED) is 0.584. The molecule has 0 bridgehead atoms. The lowest BCUT2D eigenvalue weighted by molar-refractivity contribution is 0.627. The van der Waals surface area contributed by atoms with Crippen molar-refractivity contribution in [2.45, 2.75) is 6.42 Å². The fraction of sp³-hybridized carbons (Fsp3) is 0.0588. The van der Waals surface area contributed by atoms with E-state index in [4.69, 9.17) is 0 Å². The Balaban J connectivity index is 1.75. The first-order valence-electron chi connectivity index (χ1n) is 7.15. The van der Waals surface area contributed by atoms with Crippen molar-refractivity contribution < 1.29 is 4.39 Å². The molecule has 0 fully saturated rings. The topological polar surface area (TPSA) is 56.0 Å². The first kappa shape index (κ1) is 13.5. The molecular weight excluding hydrogens is 293 g/mol. The van der Waals surface area contributed by atoms with Gasteiger partial charge in [-0.05, 0) is 35.9 Å². The van der Waals surface area contributed by atoms with Gasteiger partial charge in [-0.2, -0.15) is 9.50 Å². The summed E-state index contributed by atoms with van der Waals surface area (Å²) >= 11 is 0. The minimum absolute atomic E-state index is 0.252. The van der Waals surface area contributed by atoms with Crippen molar-refractivity contribution >= 4 is 5.78 Å². The van der Waals surface area contributed by atoms with Crippen LogP contribution < -0.4 is 0 Å². The van der Waals surface area contributed by atoms with Gasteiger partial charge in [-0.25, -0.2) is 9.37 Å². The third kappa shape index (κ3) is 2.66. The molecule has 6 heteroatoms. The number of halogens is 1. The summed E-state index contributed by atoms with van der Waals surface area (Å²) in [4.78, 5) is 12.7. The molecule has 0 unspecified atom stereocenters. The molecule has 3 aromatic heterocycles. The van der Waals surface area contributed by atoms with Crippen LogP contribution in [-0.4, -0.2) is 24.6 Å². The minimum atomic E-state index is -0.252. The zero-order valence-corrected chi connectivity index (χ0v) is 12.1. The molecular formula is C17H12FN5. The van der Waals surface area contributed by atoms with E-state index in [9.17, 15) is 4.39 Å². The molecule has 4 aromatic rings. The molecule has 5 nitrogen and oxygen atoms in total. The molecule has 1 aromatic carbocycles. The van der Waals surface area contributed by atoms with Crippen LogP contribution in [0.2, 0.25) is 0 Å². The van der Waals surface area contributed by atoms with E-state index in [-0.39, 0.29) is 5.82 Å². The zero-order chi connectivity index (χ0) is 15.6. The molecule has 0 saturated heterocycles. The van der Waals surface area contributed by atoms with Crippen molar-refractivity contribution in [3.8, 4) is 11.3 Å². The van der Waals surface area contributed by atoms with Crippen LogP contribution in [-0.2, 0) is 6.42 Å². The average Bonchev–Trinajstić information content (AvgIpc) is 3.00. The molecule has 0 aliphatic carbocycles. The fourth-order valence-corrected chi connectivity index (χ4v) is 2.44. The van der Waals surface area contributed by atoms with Gasteiger partial charge in [0.05, 0.1) is 5.69 Å². The van der Waals surface area contributed by atoms with Crippen LogP contribution in [0.3, 0.4) is 0 Å². The van der Waals surface area contributed by atoms with E-state index in [0.29, 0.717) is 18.0 Å². The summed E-state index contributed by atoms with van der Waals surface area (Å²) in [5.41, 5.74) is 2.84. The molecule has 4 rings (SSSR count). The van der Waals surface area contributed by atoms with Gasteiger partial charge in [-0.1, -0.05) is 12.1 Å². The molecule has 0 saturated carbocycles. The highest BCUT2D eigenvalue weighted by atomic mass is 19.1. The second kappa shape index (κ2) is 5.57. The highest BCUT2D eigenvalue weighted by molar-refractivity contribution is 5.60. The van der Waals surface area contributed by atoms with E-state index in [1.54, 1.807) is 35.2 Å². The Labute approximate surface area is 131 Å². The number of hydrogen-bond acceptors (Lipinski definition) is 4. The highest BCUT2D eigenvalue weighted by Gasteiger charge is 2.10. The molecule has 0 aliphatic rings. The van der Waals surface area contributed by atoms with Crippen molar-refractivity contribution in [2.75, 3.05) is 0 Å². The molecule has 0 spiro atoms. The number of nitrogens with zero attached hydrogens (tertiary/aromatic N) is 5. The van der Waals surface area contributed by atoms with Gasteiger partial charge in [-0.3, -0.25) is 4.98 Å². The maximum absolute atomic E-state index is 13.0. The van der Waals surface area contributed by atoms with Crippen molar-refractivity contribution in [3.05, 3.63) is 78.3 Å². The number of aromatic nitrogens is 5. The molecule has 0 atom stereocenters. The lowest BCUT2D eigenvalue weighted by Gasteiger charge is -2.02. The summed E-state index contributed by atoms with van der Waals surface area (Å²) in [6.07, 6.45) is 5.71. The summed E-state index contributed by atoms with van der Waals surface area (Å²) in [7, 11) is 0. The van der Waals surface area contributed by atoms with Crippen molar-refractivity contribution in [3.63, 3.8) is 0 Å². The molecule has 0 aliphatic heterocycles. The van der Waals surface area contributed by atoms with Crippen molar-refractivity contribution in [2.24, 2.45) is 0 Å². The number of rotatable bonds is 3. The summed E-state index contributed by atoms with van der Waals surface area (Å²) < 4.78 is 14.7. The minimum Gasteiger partial charge on any atom is -0.265 e. The maximum Gasteiger partial charge on any atom is 0.252 e. The van der Waals surface area contributed by atoms with E-state index in [1.165, 1.54) is 12.1 Å². The highest BCUT2D eigenvalue weighted by Crippen LogP contribution is 2.18. The van der Waals surface area contributed by atoms with Crippen LogP contribution in [0.1, 0.15) is 11.4 Å². The normalized spacial score (nSPS) is 11.0. The lowest BCUT2D eigenvalue weighted by Crippen LogP contribution is -1.96. The zero-order valence-electron chi connectivity index (χ0n) is 12.1. The summed E-state index contributed by atoms with van der Waals surface area (Å²) in [5.74, 6) is 0.931.